The Labute approximate surface area is 234 Å². The molecule has 0 saturated carbocycles. The SMILES string of the molecule is C=C1CCC(N2Cc3cc(CCC(=O)Cc4ccc(C)c(OC(=O)CN5CCNCC5)c4)ccc3C2=O)C(=O)N1. The third-order valence-corrected chi connectivity index (χ3v) is 7.83. The third kappa shape index (κ3) is 6.48. The number of carbonyl (C=O) groups excluding carboxylic acids is 4. The number of fused-ring (bicyclic) bond motifs is 1. The van der Waals surface area contributed by atoms with Crippen LogP contribution in [0.1, 0.15) is 51.9 Å². The number of ether oxygens (including phenoxy) is 1. The summed E-state index contributed by atoms with van der Waals surface area (Å²) in [6, 6.07) is 10.7. The molecule has 2 amide bonds. The predicted molar refractivity (Wildman–Crippen MR) is 150 cm³/mol. The number of esters is 1. The molecule has 0 radical (unpaired) electrons. The van der Waals surface area contributed by atoms with E-state index < -0.39 is 6.04 Å². The van der Waals surface area contributed by atoms with E-state index >= 15 is 0 Å². The Morgan fingerprint density at radius 1 is 1.07 bits per heavy atom. The first-order valence-electron chi connectivity index (χ1n) is 13.9. The summed E-state index contributed by atoms with van der Waals surface area (Å²) in [5.41, 5.74) is 4.83. The van der Waals surface area contributed by atoms with Gasteiger partial charge in [-0.3, -0.25) is 24.1 Å². The van der Waals surface area contributed by atoms with E-state index in [0.29, 0.717) is 49.2 Å². The first-order chi connectivity index (χ1) is 19.3. The lowest BCUT2D eigenvalue weighted by Crippen LogP contribution is -2.49. The Hall–Kier alpha value is -3.82. The minimum absolute atomic E-state index is 0.0826. The summed E-state index contributed by atoms with van der Waals surface area (Å²) in [6.45, 7) is 9.69. The molecular weight excluding hydrogens is 508 g/mol. The van der Waals surface area contributed by atoms with Crippen LogP contribution in [-0.4, -0.2) is 72.1 Å². The number of nitrogens with zero attached hydrogens (tertiary/aromatic N) is 2. The van der Waals surface area contributed by atoms with Gasteiger partial charge in [-0.05, 0) is 60.6 Å². The van der Waals surface area contributed by atoms with Crippen molar-refractivity contribution in [1.29, 1.82) is 0 Å². The molecule has 2 aromatic rings. The number of rotatable bonds is 9. The smallest absolute Gasteiger partial charge is 0.325 e. The fourth-order valence-electron chi connectivity index (χ4n) is 5.53. The molecule has 2 fully saturated rings. The maximum atomic E-state index is 13.0. The molecule has 0 aromatic heterocycles. The van der Waals surface area contributed by atoms with E-state index in [9.17, 15) is 19.2 Å². The molecule has 3 aliphatic heterocycles. The average molecular weight is 545 g/mol. The fraction of sp³-hybridized carbons (Fsp3) is 0.419. The van der Waals surface area contributed by atoms with Crippen molar-refractivity contribution in [1.82, 2.24) is 20.4 Å². The minimum atomic E-state index is -0.490. The first-order valence-corrected chi connectivity index (χ1v) is 13.9. The minimum Gasteiger partial charge on any atom is -0.425 e. The number of allylic oxidation sites excluding steroid dienone is 1. The Balaban J connectivity index is 1.14. The van der Waals surface area contributed by atoms with Crippen LogP contribution in [0.15, 0.2) is 48.7 Å². The van der Waals surface area contributed by atoms with Gasteiger partial charge in [-0.1, -0.05) is 30.8 Å². The second-order valence-electron chi connectivity index (χ2n) is 10.9. The van der Waals surface area contributed by atoms with E-state index in [2.05, 4.69) is 22.1 Å². The number of Topliss-reactive ketones (excluding diaryl/α,β-unsaturated/α-hetero) is 1. The Morgan fingerprint density at radius 2 is 1.85 bits per heavy atom. The van der Waals surface area contributed by atoms with Crippen LogP contribution in [-0.2, 0) is 33.8 Å². The van der Waals surface area contributed by atoms with E-state index in [-0.39, 0.29) is 36.5 Å². The van der Waals surface area contributed by atoms with Crippen molar-refractivity contribution in [2.75, 3.05) is 32.7 Å². The molecule has 0 aliphatic carbocycles. The Bertz CT molecular complexity index is 1350. The highest BCUT2D eigenvalue weighted by molar-refractivity contribution is 6.01. The van der Waals surface area contributed by atoms with Gasteiger partial charge >= 0.3 is 5.97 Å². The number of nitrogens with one attached hydrogen (secondary N) is 2. The van der Waals surface area contributed by atoms with Crippen LogP contribution < -0.4 is 15.4 Å². The summed E-state index contributed by atoms with van der Waals surface area (Å²) in [5.74, 6) is -0.0314. The molecule has 40 heavy (non-hydrogen) atoms. The lowest BCUT2D eigenvalue weighted by Gasteiger charge is -2.30. The van der Waals surface area contributed by atoms with Crippen molar-refractivity contribution in [3.63, 3.8) is 0 Å². The van der Waals surface area contributed by atoms with Crippen molar-refractivity contribution < 1.29 is 23.9 Å². The molecule has 1 unspecified atom stereocenters. The molecule has 9 nitrogen and oxygen atoms in total. The van der Waals surface area contributed by atoms with Crippen LogP contribution in [0.2, 0.25) is 0 Å². The number of piperidine rings is 1. The molecule has 2 aromatic carbocycles. The van der Waals surface area contributed by atoms with Crippen LogP contribution in [0.25, 0.3) is 0 Å². The van der Waals surface area contributed by atoms with Crippen LogP contribution in [0, 0.1) is 6.92 Å². The summed E-state index contributed by atoms with van der Waals surface area (Å²) in [7, 11) is 0. The van der Waals surface area contributed by atoms with Gasteiger partial charge in [0.1, 0.15) is 17.6 Å². The molecule has 1 atom stereocenters. The summed E-state index contributed by atoms with van der Waals surface area (Å²) < 4.78 is 5.64. The Kier molecular flexibility index (Phi) is 8.42. The zero-order valence-electron chi connectivity index (χ0n) is 23.0. The lowest BCUT2D eigenvalue weighted by atomic mass is 9.99. The predicted octanol–water partition coefficient (Wildman–Crippen LogP) is 2.30. The number of piperazine rings is 1. The van der Waals surface area contributed by atoms with Crippen LogP contribution >= 0.6 is 0 Å². The van der Waals surface area contributed by atoms with Gasteiger partial charge in [0.15, 0.2) is 0 Å². The average Bonchev–Trinajstić information content (AvgIpc) is 3.25. The molecule has 0 bridgehead atoms. The van der Waals surface area contributed by atoms with E-state index in [1.54, 1.807) is 17.0 Å². The van der Waals surface area contributed by atoms with Crippen molar-refractivity contribution in [3.8, 4) is 5.75 Å². The van der Waals surface area contributed by atoms with Gasteiger partial charge in [0, 0.05) is 56.8 Å². The molecule has 3 heterocycles. The number of ketones is 1. The van der Waals surface area contributed by atoms with Gasteiger partial charge in [0.05, 0.1) is 6.54 Å². The summed E-state index contributed by atoms with van der Waals surface area (Å²) in [5, 5.41) is 6.02. The van der Waals surface area contributed by atoms with Crippen LogP contribution in [0.3, 0.4) is 0 Å². The highest BCUT2D eigenvalue weighted by atomic mass is 16.5. The van der Waals surface area contributed by atoms with Crippen molar-refractivity contribution in [2.24, 2.45) is 0 Å². The van der Waals surface area contributed by atoms with E-state index in [1.165, 1.54) is 0 Å². The monoisotopic (exact) mass is 544 g/mol. The van der Waals surface area contributed by atoms with Crippen molar-refractivity contribution in [3.05, 3.63) is 76.5 Å². The molecular formula is C31H36N4O5. The van der Waals surface area contributed by atoms with Crippen LogP contribution in [0.4, 0.5) is 0 Å². The van der Waals surface area contributed by atoms with Crippen molar-refractivity contribution >= 4 is 23.6 Å². The zero-order valence-corrected chi connectivity index (χ0v) is 23.0. The molecule has 5 rings (SSSR count). The summed E-state index contributed by atoms with van der Waals surface area (Å²) in [4.78, 5) is 54.4. The van der Waals surface area contributed by atoms with Crippen LogP contribution in [0.5, 0.6) is 5.75 Å². The number of hydrogen-bond donors (Lipinski definition) is 2. The second-order valence-corrected chi connectivity index (χ2v) is 10.9. The maximum Gasteiger partial charge on any atom is 0.325 e. The van der Waals surface area contributed by atoms with Gasteiger partial charge < -0.3 is 20.3 Å². The zero-order chi connectivity index (χ0) is 28.2. The molecule has 210 valence electrons. The Morgan fingerprint density at radius 3 is 2.62 bits per heavy atom. The van der Waals surface area contributed by atoms with E-state index in [4.69, 9.17) is 4.74 Å². The lowest BCUT2D eigenvalue weighted by molar-refractivity contribution is -0.135. The largest absolute Gasteiger partial charge is 0.425 e. The highest BCUT2D eigenvalue weighted by Crippen LogP contribution is 2.29. The van der Waals surface area contributed by atoms with Gasteiger partial charge in [-0.25, -0.2) is 0 Å². The highest BCUT2D eigenvalue weighted by Gasteiger charge is 2.38. The molecule has 3 aliphatic rings. The normalized spacial score (nSPS) is 19.4. The molecule has 2 N–H and O–H groups in total. The van der Waals surface area contributed by atoms with Crippen molar-refractivity contribution in [2.45, 2.75) is 51.6 Å². The van der Waals surface area contributed by atoms with E-state index in [0.717, 1.165) is 48.4 Å². The first kappa shape index (κ1) is 27.7. The fourth-order valence-corrected chi connectivity index (χ4v) is 5.53. The van der Waals surface area contributed by atoms with Gasteiger partial charge in [0.2, 0.25) is 5.91 Å². The second kappa shape index (κ2) is 12.1. The molecule has 9 heteroatoms. The number of benzene rings is 2. The number of aryl methyl sites for hydroxylation is 2. The number of hydrogen-bond acceptors (Lipinski definition) is 7. The molecule has 2 saturated heterocycles. The maximum absolute atomic E-state index is 13.0. The van der Waals surface area contributed by atoms with E-state index in [1.807, 2.05) is 31.2 Å². The number of amides is 2. The topological polar surface area (TPSA) is 108 Å². The summed E-state index contributed by atoms with van der Waals surface area (Å²) in [6.07, 6.45) is 2.40. The molecule has 0 spiro atoms. The number of carbonyl (C=O) groups is 4. The third-order valence-electron chi connectivity index (χ3n) is 7.83. The quantitative estimate of drug-likeness (QED) is 0.368. The van der Waals surface area contributed by atoms with Gasteiger partial charge in [-0.15, -0.1) is 0 Å². The van der Waals surface area contributed by atoms with Gasteiger partial charge in [0.25, 0.3) is 5.91 Å². The van der Waals surface area contributed by atoms with Gasteiger partial charge in [-0.2, -0.15) is 0 Å². The summed E-state index contributed by atoms with van der Waals surface area (Å²) >= 11 is 0. The standard InChI is InChI=1S/C31H36N4O5/c1-20-3-5-23(17-28(20)40-29(37)19-34-13-11-32-12-14-34)16-25(36)8-6-22-7-9-26-24(15-22)18-35(31(26)39)27-10-4-21(2)33-30(27)38/h3,5,7,9,15,17,27,32H,2,4,6,8,10-14,16,18-19H2,1H3,(H,33,38).